The minimum atomic E-state index is -3.12. The van der Waals surface area contributed by atoms with Gasteiger partial charge >= 0.3 is 0 Å². The summed E-state index contributed by atoms with van der Waals surface area (Å²) in [6, 6.07) is 0. The minimum absolute atomic E-state index is 0.0502. The van der Waals surface area contributed by atoms with Crippen LogP contribution in [0.15, 0.2) is 6.20 Å². The third-order valence-corrected chi connectivity index (χ3v) is 5.80. The molecule has 0 radical (unpaired) electrons. The molecule has 1 aromatic heterocycles. The van der Waals surface area contributed by atoms with Crippen LogP contribution < -0.4 is 0 Å². The van der Waals surface area contributed by atoms with E-state index in [4.69, 9.17) is 0 Å². The van der Waals surface area contributed by atoms with Gasteiger partial charge in [0.15, 0.2) is 9.84 Å². The van der Waals surface area contributed by atoms with Gasteiger partial charge in [0.1, 0.15) is 10.8 Å². The van der Waals surface area contributed by atoms with Gasteiger partial charge in [-0.05, 0) is 27.7 Å². The Bertz CT molecular complexity index is 455. The third-order valence-electron chi connectivity index (χ3n) is 2.20. The van der Waals surface area contributed by atoms with Crippen LogP contribution in [-0.4, -0.2) is 23.8 Å². The smallest absolute Gasteiger partial charge is 0.159 e. The second kappa shape index (κ2) is 4.43. The Labute approximate surface area is 100 Å². The van der Waals surface area contributed by atoms with E-state index in [1.807, 2.05) is 0 Å². The summed E-state index contributed by atoms with van der Waals surface area (Å²) in [7, 11) is -3.12. The van der Waals surface area contributed by atoms with E-state index in [-0.39, 0.29) is 5.75 Å². The second-order valence-corrected chi connectivity index (χ2v) is 8.21. The fourth-order valence-electron chi connectivity index (χ4n) is 0.999. The van der Waals surface area contributed by atoms with Gasteiger partial charge in [-0.1, -0.05) is 0 Å². The maximum Gasteiger partial charge on any atom is 0.159 e. The maximum absolute atomic E-state index is 11.7. The molecule has 1 aromatic rings. The van der Waals surface area contributed by atoms with Gasteiger partial charge in [0, 0.05) is 6.20 Å². The van der Waals surface area contributed by atoms with E-state index in [0.29, 0.717) is 9.88 Å². The van der Waals surface area contributed by atoms with Gasteiger partial charge in [-0.2, -0.15) is 0 Å². The fourth-order valence-corrected chi connectivity index (χ4v) is 3.19. The number of aromatic nitrogens is 1. The molecular formula is C10H17NO3S2. The molecule has 16 heavy (non-hydrogen) atoms. The lowest BCUT2D eigenvalue weighted by Crippen LogP contribution is -2.15. The summed E-state index contributed by atoms with van der Waals surface area (Å²) in [5, 5.41) is 9.86. The highest BCUT2D eigenvalue weighted by atomic mass is 32.2. The van der Waals surface area contributed by atoms with Crippen LogP contribution in [0, 0.1) is 0 Å². The van der Waals surface area contributed by atoms with Crippen molar-refractivity contribution in [3.05, 3.63) is 16.1 Å². The molecule has 0 bridgehead atoms. The monoisotopic (exact) mass is 263 g/mol. The summed E-state index contributed by atoms with van der Waals surface area (Å²) in [5.74, 6) is -0.0502. The molecule has 92 valence electrons. The Balaban J connectivity index is 2.90. The second-order valence-electron chi connectivity index (χ2n) is 4.53. The number of rotatable bonds is 4. The predicted molar refractivity (Wildman–Crippen MR) is 65.1 cm³/mol. The zero-order valence-corrected chi connectivity index (χ0v) is 11.5. The van der Waals surface area contributed by atoms with Crippen molar-refractivity contribution in [2.24, 2.45) is 0 Å². The van der Waals surface area contributed by atoms with Crippen LogP contribution in [0.4, 0.5) is 0 Å². The molecular weight excluding hydrogens is 246 g/mol. The Morgan fingerprint density at radius 2 is 2.06 bits per heavy atom. The third kappa shape index (κ3) is 3.26. The number of hydrogen-bond donors (Lipinski definition) is 1. The van der Waals surface area contributed by atoms with E-state index in [2.05, 4.69) is 4.98 Å². The van der Waals surface area contributed by atoms with Gasteiger partial charge < -0.3 is 5.11 Å². The molecule has 0 atom stereocenters. The Kier molecular flexibility index (Phi) is 3.76. The van der Waals surface area contributed by atoms with Crippen molar-refractivity contribution in [2.75, 3.05) is 0 Å². The standard InChI is InChI=1S/C10H17NO3S2/c1-7(2)16(13,14)6-9-11-5-8(15-9)10(3,4)12/h5,7,12H,6H2,1-4H3. The van der Waals surface area contributed by atoms with Crippen molar-refractivity contribution in [1.82, 2.24) is 4.98 Å². The van der Waals surface area contributed by atoms with Crippen molar-refractivity contribution >= 4 is 21.2 Å². The molecule has 0 aliphatic carbocycles. The molecule has 0 amide bonds. The Hall–Kier alpha value is -0.460. The molecule has 1 rings (SSSR count). The van der Waals surface area contributed by atoms with Crippen molar-refractivity contribution in [1.29, 1.82) is 0 Å². The first-order valence-electron chi connectivity index (χ1n) is 5.02. The highest BCUT2D eigenvalue weighted by Crippen LogP contribution is 2.27. The average Bonchev–Trinajstić information content (AvgIpc) is 2.50. The van der Waals surface area contributed by atoms with Crippen molar-refractivity contribution in [3.8, 4) is 0 Å². The van der Waals surface area contributed by atoms with Gasteiger partial charge in [0.2, 0.25) is 0 Å². The zero-order valence-electron chi connectivity index (χ0n) is 9.89. The Morgan fingerprint density at radius 1 is 1.50 bits per heavy atom. The molecule has 0 fully saturated rings. The minimum Gasteiger partial charge on any atom is -0.385 e. The van der Waals surface area contributed by atoms with Crippen LogP contribution >= 0.6 is 11.3 Å². The number of nitrogens with zero attached hydrogens (tertiary/aromatic N) is 1. The predicted octanol–water partition coefficient (Wildman–Crippen LogP) is 1.69. The molecule has 0 saturated carbocycles. The molecule has 0 spiro atoms. The van der Waals surface area contributed by atoms with Gasteiger partial charge in [-0.3, -0.25) is 0 Å². The van der Waals surface area contributed by atoms with Crippen LogP contribution in [0.25, 0.3) is 0 Å². The maximum atomic E-state index is 11.7. The number of aliphatic hydroxyl groups is 1. The van der Waals surface area contributed by atoms with Crippen molar-refractivity contribution in [3.63, 3.8) is 0 Å². The van der Waals surface area contributed by atoms with E-state index in [1.165, 1.54) is 17.5 Å². The fraction of sp³-hybridized carbons (Fsp3) is 0.700. The largest absolute Gasteiger partial charge is 0.385 e. The summed E-state index contributed by atoms with van der Waals surface area (Å²) in [6.45, 7) is 6.61. The molecule has 0 aliphatic heterocycles. The van der Waals surface area contributed by atoms with Gasteiger partial charge in [0.25, 0.3) is 0 Å². The topological polar surface area (TPSA) is 67.3 Å². The Morgan fingerprint density at radius 3 is 2.44 bits per heavy atom. The lowest BCUT2D eigenvalue weighted by Gasteiger charge is -2.13. The molecule has 0 saturated heterocycles. The summed E-state index contributed by atoms with van der Waals surface area (Å²) in [6.07, 6.45) is 1.54. The number of sulfone groups is 1. The average molecular weight is 263 g/mol. The van der Waals surface area contributed by atoms with Crippen LogP contribution in [0.2, 0.25) is 0 Å². The molecule has 4 nitrogen and oxygen atoms in total. The quantitative estimate of drug-likeness (QED) is 0.897. The lowest BCUT2D eigenvalue weighted by molar-refractivity contribution is 0.0823. The first kappa shape index (κ1) is 13.6. The van der Waals surface area contributed by atoms with Crippen LogP contribution in [0.5, 0.6) is 0 Å². The number of hydrogen-bond acceptors (Lipinski definition) is 5. The van der Waals surface area contributed by atoms with Crippen molar-refractivity contribution < 1.29 is 13.5 Å². The van der Waals surface area contributed by atoms with Crippen LogP contribution in [0.1, 0.15) is 37.6 Å². The summed E-state index contributed by atoms with van der Waals surface area (Å²) in [4.78, 5) is 4.71. The number of thiazole rings is 1. The normalized spacial score (nSPS) is 13.4. The van der Waals surface area contributed by atoms with E-state index < -0.39 is 20.7 Å². The van der Waals surface area contributed by atoms with Crippen molar-refractivity contribution in [2.45, 2.75) is 44.3 Å². The zero-order chi connectivity index (χ0) is 12.6. The first-order valence-corrected chi connectivity index (χ1v) is 7.55. The van der Waals surface area contributed by atoms with E-state index >= 15 is 0 Å². The van der Waals surface area contributed by atoms with Gasteiger partial charge in [0.05, 0.1) is 15.7 Å². The first-order chi connectivity index (χ1) is 7.13. The molecule has 6 heteroatoms. The highest BCUT2D eigenvalue weighted by molar-refractivity contribution is 7.91. The molecule has 0 unspecified atom stereocenters. The lowest BCUT2D eigenvalue weighted by atomic mass is 10.1. The van der Waals surface area contributed by atoms with Crippen LogP contribution in [-0.2, 0) is 21.2 Å². The molecule has 0 aromatic carbocycles. The van der Waals surface area contributed by atoms with Crippen LogP contribution in [0.3, 0.4) is 0 Å². The molecule has 1 N–H and O–H groups in total. The molecule has 0 aliphatic rings. The van der Waals surface area contributed by atoms with Gasteiger partial charge in [-0.15, -0.1) is 11.3 Å². The summed E-state index contributed by atoms with van der Waals surface area (Å²) in [5.41, 5.74) is -0.961. The van der Waals surface area contributed by atoms with E-state index in [1.54, 1.807) is 27.7 Å². The van der Waals surface area contributed by atoms with Gasteiger partial charge in [-0.25, -0.2) is 13.4 Å². The SMILES string of the molecule is CC(C)S(=O)(=O)Cc1ncc(C(C)(C)O)s1. The van der Waals surface area contributed by atoms with E-state index in [0.717, 1.165) is 0 Å². The van der Waals surface area contributed by atoms with E-state index in [9.17, 15) is 13.5 Å². The highest BCUT2D eigenvalue weighted by Gasteiger charge is 2.23. The molecule has 1 heterocycles. The summed E-state index contributed by atoms with van der Waals surface area (Å²) >= 11 is 1.24. The summed E-state index contributed by atoms with van der Waals surface area (Å²) < 4.78 is 23.3.